The lowest BCUT2D eigenvalue weighted by atomic mass is 9.95. The Labute approximate surface area is 262 Å². The van der Waals surface area contributed by atoms with Crippen LogP contribution in [0.1, 0.15) is 29.7 Å². The van der Waals surface area contributed by atoms with Crippen molar-refractivity contribution in [1.29, 1.82) is 0 Å². The van der Waals surface area contributed by atoms with Crippen molar-refractivity contribution in [2.24, 2.45) is 0 Å². The molecule has 0 radical (unpaired) electrons. The van der Waals surface area contributed by atoms with Crippen LogP contribution in [0.3, 0.4) is 0 Å². The second-order valence-electron chi connectivity index (χ2n) is 9.74. The number of hydrogen-bond acceptors (Lipinski definition) is 9. The van der Waals surface area contributed by atoms with E-state index in [0.29, 0.717) is 45.1 Å². The van der Waals surface area contributed by atoms with Gasteiger partial charge >= 0.3 is 5.91 Å². The molecule has 2 heterocycles. The number of rotatable bonds is 10. The normalized spacial score (nSPS) is 15.8. The highest BCUT2D eigenvalue weighted by Crippen LogP contribution is 2.45. The number of thioether (sulfide) groups is 1. The summed E-state index contributed by atoms with van der Waals surface area (Å²) in [5, 5.41) is 20.4. The van der Waals surface area contributed by atoms with Crippen LogP contribution in [0, 0.1) is 0 Å². The molecule has 1 aliphatic rings. The Morgan fingerprint density at radius 1 is 0.864 bits per heavy atom. The van der Waals surface area contributed by atoms with E-state index < -0.39 is 17.7 Å². The van der Waals surface area contributed by atoms with Crippen molar-refractivity contribution < 1.29 is 24.2 Å². The number of amides is 1. The first-order valence-corrected chi connectivity index (χ1v) is 15.7. The first-order chi connectivity index (χ1) is 21.5. The second-order valence-corrected chi connectivity index (χ2v) is 11.9. The molecule has 1 amide bonds. The van der Waals surface area contributed by atoms with Crippen molar-refractivity contribution in [2.75, 3.05) is 11.5 Å². The van der Waals surface area contributed by atoms with Gasteiger partial charge in [0.1, 0.15) is 23.0 Å². The topological polar surface area (TPSA) is 102 Å². The van der Waals surface area contributed by atoms with Crippen molar-refractivity contribution in [3.63, 3.8) is 0 Å². The molecule has 44 heavy (non-hydrogen) atoms. The summed E-state index contributed by atoms with van der Waals surface area (Å²) in [6.45, 7) is 2.37. The average Bonchev–Trinajstić information content (AvgIpc) is 3.63. The molecule has 6 rings (SSSR count). The third kappa shape index (κ3) is 6.22. The summed E-state index contributed by atoms with van der Waals surface area (Å²) in [6.07, 6.45) is 0. The number of carbonyl (C=O) groups is 2. The number of ketones is 1. The van der Waals surface area contributed by atoms with Crippen molar-refractivity contribution in [2.45, 2.75) is 23.1 Å². The quantitative estimate of drug-likeness (QED) is 0.0558. The highest BCUT2D eigenvalue weighted by atomic mass is 32.2. The summed E-state index contributed by atoms with van der Waals surface area (Å²) in [5.74, 6) is 0.540. The van der Waals surface area contributed by atoms with E-state index in [1.807, 2.05) is 67.6 Å². The van der Waals surface area contributed by atoms with E-state index >= 15 is 0 Å². The fourth-order valence-electron chi connectivity index (χ4n) is 4.83. The van der Waals surface area contributed by atoms with Gasteiger partial charge in [0.2, 0.25) is 5.13 Å². The largest absolute Gasteiger partial charge is 0.507 e. The molecular weight excluding hydrogens is 595 g/mol. The Kier molecular flexibility index (Phi) is 8.71. The molecule has 8 nitrogen and oxygen atoms in total. The van der Waals surface area contributed by atoms with Gasteiger partial charge < -0.3 is 14.6 Å². The SMILES string of the molecule is CCOc1ccc(/C(O)=C2/C(=O)C(=O)N(c3nnc(SCc4ccccc4)s3)C2c2cccc(Oc3ccccc3)c2)cc1. The number of aliphatic hydroxyl groups is 1. The maximum atomic E-state index is 13.7. The zero-order valence-corrected chi connectivity index (χ0v) is 25.3. The number of ether oxygens (including phenoxy) is 2. The van der Waals surface area contributed by atoms with Crippen LogP contribution in [0.4, 0.5) is 5.13 Å². The first-order valence-electron chi connectivity index (χ1n) is 13.9. The van der Waals surface area contributed by atoms with E-state index in [2.05, 4.69) is 10.2 Å². The van der Waals surface area contributed by atoms with Gasteiger partial charge in [-0.15, -0.1) is 10.2 Å². The molecule has 1 N–H and O–H groups in total. The molecule has 5 aromatic rings. The molecule has 0 saturated carbocycles. The zero-order chi connectivity index (χ0) is 30.5. The Balaban J connectivity index is 1.40. The summed E-state index contributed by atoms with van der Waals surface area (Å²) in [4.78, 5) is 28.6. The molecule has 1 fully saturated rings. The Hall–Kier alpha value is -4.93. The van der Waals surface area contributed by atoms with Crippen LogP contribution in [0.2, 0.25) is 0 Å². The summed E-state index contributed by atoms with van der Waals surface area (Å²) in [5.41, 5.74) is 2.02. The van der Waals surface area contributed by atoms with Crippen LogP contribution in [0.25, 0.3) is 5.76 Å². The van der Waals surface area contributed by atoms with Gasteiger partial charge in [0.25, 0.3) is 5.78 Å². The number of nitrogens with zero attached hydrogens (tertiary/aromatic N) is 3. The maximum Gasteiger partial charge on any atom is 0.301 e. The first kappa shape index (κ1) is 29.2. The smallest absolute Gasteiger partial charge is 0.301 e. The van der Waals surface area contributed by atoms with E-state index in [0.717, 1.165) is 5.56 Å². The van der Waals surface area contributed by atoms with Crippen LogP contribution >= 0.6 is 23.1 Å². The predicted octanol–water partition coefficient (Wildman–Crippen LogP) is 7.65. The molecule has 0 aliphatic carbocycles. The molecule has 1 saturated heterocycles. The van der Waals surface area contributed by atoms with E-state index in [1.54, 1.807) is 48.5 Å². The number of carbonyl (C=O) groups excluding carboxylic acids is 2. The summed E-state index contributed by atoms with van der Waals surface area (Å²) < 4.78 is 12.2. The standard InChI is InChI=1S/C34H27N3O5S2/c1-2-41-25-18-16-23(17-19-25)30(38)28-29(24-12-9-15-27(20-24)42-26-13-7-4-8-14-26)37(32(40)31(28)39)33-35-36-34(44-33)43-21-22-10-5-3-6-11-22/h3-20,29,38H,2,21H2,1H3/b30-28-. The lowest BCUT2D eigenvalue weighted by Gasteiger charge is -2.23. The third-order valence-corrected chi connectivity index (χ3v) is 8.97. The Morgan fingerprint density at radius 3 is 2.30 bits per heavy atom. The summed E-state index contributed by atoms with van der Waals surface area (Å²) in [7, 11) is 0. The predicted molar refractivity (Wildman–Crippen MR) is 171 cm³/mol. The Morgan fingerprint density at radius 2 is 1.57 bits per heavy atom. The van der Waals surface area contributed by atoms with Gasteiger partial charge in [-0.3, -0.25) is 14.5 Å². The van der Waals surface area contributed by atoms with Crippen LogP contribution in [-0.2, 0) is 15.3 Å². The van der Waals surface area contributed by atoms with E-state index in [4.69, 9.17) is 9.47 Å². The lowest BCUT2D eigenvalue weighted by Crippen LogP contribution is -2.29. The maximum absolute atomic E-state index is 13.7. The van der Waals surface area contributed by atoms with Gasteiger partial charge in [0, 0.05) is 11.3 Å². The van der Waals surface area contributed by atoms with Crippen LogP contribution in [0.5, 0.6) is 17.2 Å². The zero-order valence-electron chi connectivity index (χ0n) is 23.6. The second kappa shape index (κ2) is 13.2. The molecule has 0 spiro atoms. The number of para-hydroxylation sites is 1. The average molecular weight is 622 g/mol. The molecule has 1 unspecified atom stereocenters. The fourth-order valence-corrected chi connectivity index (χ4v) is 6.65. The van der Waals surface area contributed by atoms with Gasteiger partial charge in [0.15, 0.2) is 4.34 Å². The van der Waals surface area contributed by atoms with Gasteiger partial charge in [-0.2, -0.15) is 0 Å². The van der Waals surface area contributed by atoms with Gasteiger partial charge in [-0.05, 0) is 66.6 Å². The van der Waals surface area contributed by atoms with Crippen molar-refractivity contribution in [3.05, 3.63) is 131 Å². The lowest BCUT2D eigenvalue weighted by molar-refractivity contribution is -0.132. The van der Waals surface area contributed by atoms with Crippen LogP contribution in [-0.4, -0.2) is 33.6 Å². The van der Waals surface area contributed by atoms with Crippen molar-refractivity contribution in [1.82, 2.24) is 10.2 Å². The fraction of sp³-hybridized carbons (Fsp3) is 0.118. The van der Waals surface area contributed by atoms with E-state index in [1.165, 1.54) is 28.0 Å². The molecular formula is C34H27N3O5S2. The number of aromatic nitrogens is 2. The number of anilines is 1. The van der Waals surface area contributed by atoms with Crippen LogP contribution < -0.4 is 14.4 Å². The van der Waals surface area contributed by atoms with Gasteiger partial charge in [-0.25, -0.2) is 0 Å². The minimum absolute atomic E-state index is 0.0512. The van der Waals surface area contributed by atoms with Gasteiger partial charge in [0.05, 0.1) is 18.2 Å². The van der Waals surface area contributed by atoms with Crippen molar-refractivity contribution >= 4 is 45.7 Å². The summed E-state index contributed by atoms with van der Waals surface area (Å²) in [6, 6.07) is 32.1. The van der Waals surface area contributed by atoms with E-state index in [-0.39, 0.29) is 16.5 Å². The monoisotopic (exact) mass is 621 g/mol. The molecule has 1 aliphatic heterocycles. The van der Waals surface area contributed by atoms with Gasteiger partial charge in [-0.1, -0.05) is 83.8 Å². The molecule has 10 heteroatoms. The highest BCUT2D eigenvalue weighted by molar-refractivity contribution is 8.00. The Bertz CT molecular complexity index is 1810. The molecule has 1 atom stereocenters. The third-order valence-electron chi connectivity index (χ3n) is 6.84. The van der Waals surface area contributed by atoms with Crippen LogP contribution in [0.15, 0.2) is 119 Å². The number of aliphatic hydroxyl groups excluding tert-OH is 1. The summed E-state index contributed by atoms with van der Waals surface area (Å²) >= 11 is 2.71. The molecule has 220 valence electrons. The molecule has 1 aromatic heterocycles. The number of Topliss-reactive ketones (excluding diaryl/α,β-unsaturated/α-hetero) is 1. The van der Waals surface area contributed by atoms with E-state index in [9.17, 15) is 14.7 Å². The number of hydrogen-bond donors (Lipinski definition) is 1. The van der Waals surface area contributed by atoms with Crippen molar-refractivity contribution in [3.8, 4) is 17.2 Å². The molecule has 4 aromatic carbocycles. The number of benzene rings is 4. The highest BCUT2D eigenvalue weighted by Gasteiger charge is 2.48. The minimum Gasteiger partial charge on any atom is -0.507 e. The minimum atomic E-state index is -0.971. The molecule has 0 bridgehead atoms.